The van der Waals surface area contributed by atoms with Gasteiger partial charge in [0, 0.05) is 18.3 Å². The number of nitrogens with zero attached hydrogens (tertiary/aromatic N) is 3. The fraction of sp³-hybridized carbons (Fsp3) is 0.208. The Hall–Kier alpha value is -4.15. The van der Waals surface area contributed by atoms with Crippen molar-refractivity contribution in [2.24, 2.45) is 0 Å². The first kappa shape index (κ1) is 24.0. The minimum Gasteiger partial charge on any atom is -0.496 e. The summed E-state index contributed by atoms with van der Waals surface area (Å²) in [4.78, 5) is 20.5. The SMILES string of the molecule is COc1ccc(F)cc1C(=O)NCc1ccc(-c2cn(C(CF)C(F)F)c3ncnc(N)c23)cc1. The molecule has 1 amide bonds. The number of methoxy groups -OCH3 is 1. The maximum absolute atomic E-state index is 13.6. The molecule has 0 saturated heterocycles. The number of fused-ring (bicyclic) bond motifs is 1. The second-order valence-corrected chi connectivity index (χ2v) is 7.69. The largest absolute Gasteiger partial charge is 0.496 e. The molecule has 2 heterocycles. The molecule has 7 nitrogen and oxygen atoms in total. The van der Waals surface area contributed by atoms with Gasteiger partial charge in [-0.3, -0.25) is 4.79 Å². The number of amides is 1. The van der Waals surface area contributed by atoms with Crippen LogP contribution in [0.25, 0.3) is 22.2 Å². The van der Waals surface area contributed by atoms with E-state index in [2.05, 4.69) is 15.3 Å². The molecule has 1 unspecified atom stereocenters. The lowest BCUT2D eigenvalue weighted by Gasteiger charge is -2.14. The van der Waals surface area contributed by atoms with Crippen molar-refractivity contribution in [3.63, 3.8) is 0 Å². The summed E-state index contributed by atoms with van der Waals surface area (Å²) in [5, 5.41) is 3.04. The molecule has 0 aliphatic heterocycles. The number of rotatable bonds is 8. The molecule has 4 rings (SSSR count). The smallest absolute Gasteiger partial charge is 0.261 e. The van der Waals surface area contributed by atoms with Crippen LogP contribution in [0.1, 0.15) is 22.0 Å². The second-order valence-electron chi connectivity index (χ2n) is 7.69. The van der Waals surface area contributed by atoms with Crippen LogP contribution >= 0.6 is 0 Å². The third kappa shape index (κ3) is 4.75. The van der Waals surface area contributed by atoms with Gasteiger partial charge in [0.05, 0.1) is 18.1 Å². The number of benzene rings is 2. The Balaban J connectivity index is 1.59. The molecule has 3 N–H and O–H groups in total. The van der Waals surface area contributed by atoms with Crippen LogP contribution < -0.4 is 15.8 Å². The van der Waals surface area contributed by atoms with Gasteiger partial charge in [-0.25, -0.2) is 27.5 Å². The Morgan fingerprint density at radius 1 is 1.17 bits per heavy atom. The maximum Gasteiger partial charge on any atom is 0.261 e. The van der Waals surface area contributed by atoms with Crippen LogP contribution in [0.5, 0.6) is 5.75 Å². The van der Waals surface area contributed by atoms with Crippen molar-refractivity contribution in [1.82, 2.24) is 19.9 Å². The first-order chi connectivity index (χ1) is 16.8. The molecule has 0 fully saturated rings. The lowest BCUT2D eigenvalue weighted by Crippen LogP contribution is -2.23. The molecule has 1 atom stereocenters. The van der Waals surface area contributed by atoms with Gasteiger partial charge in [0.15, 0.2) is 0 Å². The molecule has 35 heavy (non-hydrogen) atoms. The van der Waals surface area contributed by atoms with E-state index in [-0.39, 0.29) is 29.3 Å². The Labute approximate surface area is 197 Å². The molecule has 0 radical (unpaired) electrons. The molecule has 182 valence electrons. The number of carbonyl (C=O) groups excluding carboxylic acids is 1. The normalized spacial score (nSPS) is 12.2. The van der Waals surface area contributed by atoms with Gasteiger partial charge in [0.1, 0.15) is 42.1 Å². The number of carbonyl (C=O) groups is 1. The van der Waals surface area contributed by atoms with E-state index < -0.39 is 30.9 Å². The lowest BCUT2D eigenvalue weighted by molar-refractivity contribution is 0.0705. The van der Waals surface area contributed by atoms with E-state index in [9.17, 15) is 22.4 Å². The van der Waals surface area contributed by atoms with Crippen molar-refractivity contribution in [3.8, 4) is 16.9 Å². The van der Waals surface area contributed by atoms with Crippen LogP contribution in [0.4, 0.5) is 23.4 Å². The number of nitrogens with one attached hydrogen (secondary N) is 1. The number of halogens is 4. The average molecular weight is 487 g/mol. The van der Waals surface area contributed by atoms with E-state index in [1.807, 2.05) is 0 Å². The number of aromatic nitrogens is 3. The van der Waals surface area contributed by atoms with Gasteiger partial charge in [-0.15, -0.1) is 0 Å². The van der Waals surface area contributed by atoms with Crippen LogP contribution in [-0.4, -0.2) is 40.7 Å². The fourth-order valence-corrected chi connectivity index (χ4v) is 3.78. The molecular formula is C24H21F4N5O2. The highest BCUT2D eigenvalue weighted by Crippen LogP contribution is 2.35. The molecule has 0 spiro atoms. The van der Waals surface area contributed by atoms with Gasteiger partial charge in [0.25, 0.3) is 12.3 Å². The third-order valence-electron chi connectivity index (χ3n) is 5.57. The summed E-state index contributed by atoms with van der Waals surface area (Å²) in [6, 6.07) is 8.80. The number of ether oxygens (including phenoxy) is 1. The molecule has 11 heteroatoms. The van der Waals surface area contributed by atoms with E-state index in [4.69, 9.17) is 10.5 Å². The first-order valence-electron chi connectivity index (χ1n) is 10.5. The van der Waals surface area contributed by atoms with Crippen LogP contribution in [0.15, 0.2) is 55.0 Å². The highest BCUT2D eigenvalue weighted by atomic mass is 19.3. The topological polar surface area (TPSA) is 95.1 Å². The minimum atomic E-state index is -2.94. The maximum atomic E-state index is 13.6. The monoisotopic (exact) mass is 487 g/mol. The Bertz CT molecular complexity index is 1360. The lowest BCUT2D eigenvalue weighted by atomic mass is 10.0. The standard InChI is InChI=1S/C24H21F4N5O2/c1-35-19-7-6-15(26)8-16(19)24(34)30-10-13-2-4-14(5-3-13)17-11-33(18(9-25)21(27)28)23-20(17)22(29)31-12-32-23/h2-8,11-12,18,21H,9-10H2,1H3,(H,30,34)(H2,29,31,32). The first-order valence-corrected chi connectivity index (χ1v) is 10.5. The molecule has 0 aliphatic carbocycles. The van der Waals surface area contributed by atoms with Crippen LogP contribution in [0.3, 0.4) is 0 Å². The van der Waals surface area contributed by atoms with Gasteiger partial charge < -0.3 is 20.4 Å². The molecule has 2 aromatic carbocycles. The van der Waals surface area contributed by atoms with Crippen molar-refractivity contribution in [2.75, 3.05) is 19.5 Å². The summed E-state index contributed by atoms with van der Waals surface area (Å²) in [6.45, 7) is -1.14. The summed E-state index contributed by atoms with van der Waals surface area (Å²) in [5.41, 5.74) is 7.97. The van der Waals surface area contributed by atoms with Gasteiger partial charge in [-0.2, -0.15) is 0 Å². The molecule has 0 aliphatic rings. The highest BCUT2D eigenvalue weighted by molar-refractivity contribution is 6.00. The van der Waals surface area contributed by atoms with Crippen molar-refractivity contribution < 1.29 is 27.1 Å². The van der Waals surface area contributed by atoms with Gasteiger partial charge in [-0.05, 0) is 29.3 Å². The molecular weight excluding hydrogens is 466 g/mol. The Morgan fingerprint density at radius 2 is 1.91 bits per heavy atom. The van der Waals surface area contributed by atoms with E-state index >= 15 is 0 Å². The second kappa shape index (κ2) is 10.00. The van der Waals surface area contributed by atoms with Crippen LogP contribution in [-0.2, 0) is 6.54 Å². The van der Waals surface area contributed by atoms with Crippen molar-refractivity contribution in [3.05, 3.63) is 71.9 Å². The van der Waals surface area contributed by atoms with E-state index in [1.165, 1.54) is 25.4 Å². The summed E-state index contributed by atoms with van der Waals surface area (Å²) in [7, 11) is 1.38. The number of nitrogen functional groups attached to an aromatic ring is 1. The third-order valence-corrected chi connectivity index (χ3v) is 5.57. The van der Waals surface area contributed by atoms with Gasteiger partial charge in [-0.1, -0.05) is 24.3 Å². The Kier molecular flexibility index (Phi) is 6.85. The number of anilines is 1. The average Bonchev–Trinajstić information content (AvgIpc) is 3.23. The summed E-state index contributed by atoms with van der Waals surface area (Å²) in [5.74, 6) is -0.755. The van der Waals surface area contributed by atoms with Gasteiger partial charge >= 0.3 is 0 Å². The van der Waals surface area contributed by atoms with Crippen molar-refractivity contribution in [2.45, 2.75) is 19.0 Å². The number of hydrogen-bond donors (Lipinski definition) is 2. The summed E-state index contributed by atoms with van der Waals surface area (Å²) in [6.07, 6.45) is -0.417. The van der Waals surface area contributed by atoms with Crippen molar-refractivity contribution in [1.29, 1.82) is 0 Å². The summed E-state index contributed by atoms with van der Waals surface area (Å²) < 4.78 is 60.0. The van der Waals surface area contributed by atoms with E-state index in [1.54, 1.807) is 24.3 Å². The number of hydrogen-bond acceptors (Lipinski definition) is 5. The quantitative estimate of drug-likeness (QED) is 0.356. The van der Waals surface area contributed by atoms with E-state index in [0.717, 1.165) is 22.5 Å². The molecule has 4 aromatic rings. The van der Waals surface area contributed by atoms with Crippen LogP contribution in [0.2, 0.25) is 0 Å². The zero-order chi connectivity index (χ0) is 25.1. The highest BCUT2D eigenvalue weighted by Gasteiger charge is 2.26. The number of nitrogens with two attached hydrogens (primary N) is 1. The van der Waals surface area contributed by atoms with E-state index in [0.29, 0.717) is 16.5 Å². The zero-order valence-electron chi connectivity index (χ0n) is 18.5. The molecule has 2 aromatic heterocycles. The van der Waals surface area contributed by atoms with Crippen molar-refractivity contribution >= 4 is 22.8 Å². The minimum absolute atomic E-state index is 0.0638. The number of alkyl halides is 3. The molecule has 0 bridgehead atoms. The summed E-state index contributed by atoms with van der Waals surface area (Å²) >= 11 is 0. The Morgan fingerprint density at radius 3 is 2.57 bits per heavy atom. The predicted molar refractivity (Wildman–Crippen MR) is 123 cm³/mol. The van der Waals surface area contributed by atoms with Crippen LogP contribution in [0, 0.1) is 5.82 Å². The zero-order valence-corrected chi connectivity index (χ0v) is 18.5. The predicted octanol–water partition coefficient (Wildman–Crippen LogP) is 4.53. The van der Waals surface area contributed by atoms with Gasteiger partial charge in [0.2, 0.25) is 0 Å². The fourth-order valence-electron chi connectivity index (χ4n) is 3.78. The molecule has 0 saturated carbocycles.